The van der Waals surface area contributed by atoms with Crippen LogP contribution in [0.2, 0.25) is 5.02 Å². The zero-order valence-electron chi connectivity index (χ0n) is 19.3. The number of piperidine rings is 1. The highest BCUT2D eigenvalue weighted by Gasteiger charge is 2.62. The van der Waals surface area contributed by atoms with Crippen LogP contribution in [0.5, 0.6) is 0 Å². The Kier molecular flexibility index (Phi) is 6.44. The van der Waals surface area contributed by atoms with E-state index >= 15 is 0 Å². The van der Waals surface area contributed by atoms with Crippen LogP contribution in [-0.4, -0.2) is 52.0 Å². The molecule has 180 valence electrons. The number of likely N-dealkylation sites (tertiary alicyclic amines) is 1. The van der Waals surface area contributed by atoms with Gasteiger partial charge in [0.05, 0.1) is 17.1 Å². The van der Waals surface area contributed by atoms with Gasteiger partial charge in [-0.1, -0.05) is 36.7 Å². The molecule has 2 fully saturated rings. The fourth-order valence-corrected chi connectivity index (χ4v) is 5.06. The predicted molar refractivity (Wildman–Crippen MR) is 128 cm³/mol. The summed E-state index contributed by atoms with van der Waals surface area (Å²) in [6.45, 7) is 4.44. The summed E-state index contributed by atoms with van der Waals surface area (Å²) in [7, 11) is 0. The van der Waals surface area contributed by atoms with E-state index in [1.54, 1.807) is 36.9 Å². The number of carboxylic acid groups (broad SMARTS) is 1. The van der Waals surface area contributed by atoms with Gasteiger partial charge in [0.1, 0.15) is 0 Å². The first-order chi connectivity index (χ1) is 16.1. The lowest BCUT2D eigenvalue weighted by Crippen LogP contribution is -2.55. The van der Waals surface area contributed by atoms with Gasteiger partial charge in [-0.3, -0.25) is 9.59 Å². The standard InChI is InChI=1S/C26H29ClN2O5/c1-16(17(2)28-22(30)18-4-3-5-19(14-18)24(32)33)23(31)29-13-12-26(34,25(15-29)10-11-25)20-6-8-21(27)9-7-20/h3-9,14,16-17,34H,10-13,15H2,1-2H3,(H,28,30)(H,32,33)/t16?,17-,26?/m1/s1. The molecule has 1 spiro atoms. The van der Waals surface area contributed by atoms with Gasteiger partial charge in [0.2, 0.25) is 5.91 Å². The van der Waals surface area contributed by atoms with Crippen molar-refractivity contribution < 1.29 is 24.6 Å². The molecule has 0 aromatic heterocycles. The Bertz CT molecular complexity index is 1110. The van der Waals surface area contributed by atoms with Gasteiger partial charge in [0.25, 0.3) is 5.91 Å². The third kappa shape index (κ3) is 4.42. The third-order valence-electron chi connectivity index (χ3n) is 7.47. The lowest BCUT2D eigenvalue weighted by molar-refractivity contribution is -0.148. The summed E-state index contributed by atoms with van der Waals surface area (Å²) in [5.41, 5.74) is -0.265. The van der Waals surface area contributed by atoms with E-state index in [0.29, 0.717) is 24.5 Å². The number of amides is 2. The lowest BCUT2D eigenvalue weighted by atomic mass is 9.73. The SMILES string of the molecule is CC(C(=O)N1CCC(O)(c2ccc(Cl)cc2)C2(CC2)C1)[C@@H](C)NC(=O)c1cccc(C(=O)O)c1. The number of rotatable bonds is 6. The summed E-state index contributed by atoms with van der Waals surface area (Å²) in [6.07, 6.45) is 2.13. The molecule has 1 aliphatic carbocycles. The van der Waals surface area contributed by atoms with E-state index in [4.69, 9.17) is 16.7 Å². The first kappa shape index (κ1) is 24.2. The van der Waals surface area contributed by atoms with Crippen molar-refractivity contribution in [2.75, 3.05) is 13.1 Å². The lowest BCUT2D eigenvalue weighted by Gasteiger charge is -2.46. The van der Waals surface area contributed by atoms with Crippen molar-refractivity contribution in [3.05, 3.63) is 70.2 Å². The first-order valence-electron chi connectivity index (χ1n) is 11.5. The molecule has 0 radical (unpaired) electrons. The zero-order valence-corrected chi connectivity index (χ0v) is 20.0. The Labute approximate surface area is 203 Å². The minimum atomic E-state index is -1.11. The van der Waals surface area contributed by atoms with Gasteiger partial charge in [-0.25, -0.2) is 4.79 Å². The largest absolute Gasteiger partial charge is 0.478 e. The topological polar surface area (TPSA) is 107 Å². The molecule has 0 bridgehead atoms. The Morgan fingerprint density at radius 2 is 1.68 bits per heavy atom. The predicted octanol–water partition coefficient (Wildman–Crippen LogP) is 3.69. The van der Waals surface area contributed by atoms with Crippen LogP contribution in [0.4, 0.5) is 0 Å². The van der Waals surface area contributed by atoms with Crippen LogP contribution in [0.1, 0.15) is 59.4 Å². The molecule has 2 aromatic carbocycles. The van der Waals surface area contributed by atoms with Crippen molar-refractivity contribution >= 4 is 29.4 Å². The smallest absolute Gasteiger partial charge is 0.335 e. The van der Waals surface area contributed by atoms with Gasteiger partial charge in [-0.05, 0) is 62.1 Å². The second-order valence-electron chi connectivity index (χ2n) is 9.59. The molecule has 1 aliphatic heterocycles. The number of benzene rings is 2. The van der Waals surface area contributed by atoms with Gasteiger partial charge in [-0.2, -0.15) is 0 Å². The maximum absolute atomic E-state index is 13.3. The van der Waals surface area contributed by atoms with Gasteiger partial charge >= 0.3 is 5.97 Å². The zero-order chi connectivity index (χ0) is 24.7. The maximum atomic E-state index is 13.3. The summed E-state index contributed by atoms with van der Waals surface area (Å²) < 4.78 is 0. The van der Waals surface area contributed by atoms with Crippen molar-refractivity contribution in [3.8, 4) is 0 Å². The van der Waals surface area contributed by atoms with Gasteiger partial charge in [0, 0.05) is 35.1 Å². The quantitative estimate of drug-likeness (QED) is 0.579. The molecule has 2 unspecified atom stereocenters. The van der Waals surface area contributed by atoms with Crippen LogP contribution in [0, 0.1) is 11.3 Å². The molecule has 34 heavy (non-hydrogen) atoms. The van der Waals surface area contributed by atoms with E-state index in [1.807, 2.05) is 12.1 Å². The Hall–Kier alpha value is -2.90. The maximum Gasteiger partial charge on any atom is 0.335 e. The van der Waals surface area contributed by atoms with Crippen LogP contribution in [0.25, 0.3) is 0 Å². The number of hydrogen-bond donors (Lipinski definition) is 3. The molecule has 8 heteroatoms. The van der Waals surface area contributed by atoms with E-state index in [-0.39, 0.29) is 22.4 Å². The second-order valence-corrected chi connectivity index (χ2v) is 10.0. The molecule has 7 nitrogen and oxygen atoms in total. The summed E-state index contributed by atoms with van der Waals surface area (Å²) in [5.74, 6) is -2.09. The number of halogens is 1. The molecule has 2 aliphatic rings. The Balaban J connectivity index is 1.41. The van der Waals surface area contributed by atoms with Crippen molar-refractivity contribution in [3.63, 3.8) is 0 Å². The highest BCUT2D eigenvalue weighted by molar-refractivity contribution is 6.30. The Morgan fingerprint density at radius 1 is 1.03 bits per heavy atom. The average molecular weight is 485 g/mol. The normalized spacial score (nSPS) is 22.6. The first-order valence-corrected chi connectivity index (χ1v) is 11.9. The van der Waals surface area contributed by atoms with Crippen molar-refractivity contribution in [2.24, 2.45) is 11.3 Å². The molecule has 3 N–H and O–H groups in total. The molecular weight excluding hydrogens is 456 g/mol. The van der Waals surface area contributed by atoms with E-state index in [0.717, 1.165) is 18.4 Å². The molecule has 3 atom stereocenters. The summed E-state index contributed by atoms with van der Waals surface area (Å²) in [6, 6.07) is 12.6. The van der Waals surface area contributed by atoms with E-state index in [9.17, 15) is 19.5 Å². The van der Waals surface area contributed by atoms with Crippen LogP contribution < -0.4 is 5.32 Å². The number of carbonyl (C=O) groups is 3. The van der Waals surface area contributed by atoms with Gasteiger partial charge < -0.3 is 20.4 Å². The molecule has 1 saturated carbocycles. The third-order valence-corrected chi connectivity index (χ3v) is 7.72. The van der Waals surface area contributed by atoms with Crippen LogP contribution in [-0.2, 0) is 10.4 Å². The number of aromatic carboxylic acids is 1. The molecule has 2 aromatic rings. The summed E-state index contributed by atoms with van der Waals surface area (Å²) in [4.78, 5) is 38.9. The number of carbonyl (C=O) groups excluding carboxylic acids is 2. The second kappa shape index (κ2) is 9.04. The number of nitrogens with zero attached hydrogens (tertiary/aromatic N) is 1. The molecule has 2 amide bonds. The van der Waals surface area contributed by atoms with E-state index in [1.165, 1.54) is 18.2 Å². The average Bonchev–Trinajstić information content (AvgIpc) is 3.61. The fourth-order valence-electron chi connectivity index (χ4n) is 4.93. The minimum absolute atomic E-state index is 0.0284. The summed E-state index contributed by atoms with van der Waals surface area (Å²) >= 11 is 6.02. The van der Waals surface area contributed by atoms with Crippen LogP contribution in [0.15, 0.2) is 48.5 Å². The molecule has 1 heterocycles. The van der Waals surface area contributed by atoms with Crippen LogP contribution in [0.3, 0.4) is 0 Å². The molecule has 4 rings (SSSR count). The fraction of sp³-hybridized carbons (Fsp3) is 0.423. The van der Waals surface area contributed by atoms with Crippen LogP contribution >= 0.6 is 11.6 Å². The molecular formula is C26H29ClN2O5. The summed E-state index contributed by atoms with van der Waals surface area (Å²) in [5, 5.41) is 24.2. The minimum Gasteiger partial charge on any atom is -0.478 e. The number of carboxylic acids is 1. The van der Waals surface area contributed by atoms with Crippen molar-refractivity contribution in [1.82, 2.24) is 10.2 Å². The van der Waals surface area contributed by atoms with Crippen molar-refractivity contribution in [2.45, 2.75) is 44.8 Å². The Morgan fingerprint density at radius 3 is 2.29 bits per heavy atom. The highest BCUT2D eigenvalue weighted by atomic mass is 35.5. The van der Waals surface area contributed by atoms with Crippen molar-refractivity contribution in [1.29, 1.82) is 0 Å². The van der Waals surface area contributed by atoms with E-state index in [2.05, 4.69) is 5.32 Å². The molecule has 1 saturated heterocycles. The number of nitrogens with one attached hydrogen (secondary N) is 1. The monoisotopic (exact) mass is 484 g/mol. The number of aliphatic hydroxyl groups is 1. The van der Waals surface area contributed by atoms with Gasteiger partial charge in [-0.15, -0.1) is 0 Å². The van der Waals surface area contributed by atoms with Gasteiger partial charge in [0.15, 0.2) is 0 Å². The number of hydrogen-bond acceptors (Lipinski definition) is 4. The highest BCUT2D eigenvalue weighted by Crippen LogP contribution is 2.62. The van der Waals surface area contributed by atoms with E-state index < -0.39 is 29.4 Å².